The maximum atomic E-state index is 14.2. The zero-order valence-electron chi connectivity index (χ0n) is 15.3. The smallest absolute Gasteiger partial charge is 0.256 e. The van der Waals surface area contributed by atoms with E-state index in [1.54, 1.807) is 0 Å². The van der Waals surface area contributed by atoms with Crippen LogP contribution in [0.25, 0.3) is 11.1 Å². The summed E-state index contributed by atoms with van der Waals surface area (Å²) >= 11 is 0. The van der Waals surface area contributed by atoms with Gasteiger partial charge in [-0.25, -0.2) is 21.9 Å². The number of nitrogens with zero attached hydrogens (tertiary/aromatic N) is 1. The van der Waals surface area contributed by atoms with E-state index in [0.29, 0.717) is 5.56 Å². The summed E-state index contributed by atoms with van der Waals surface area (Å²) in [7, 11) is -3.50. The van der Waals surface area contributed by atoms with E-state index >= 15 is 0 Å². The summed E-state index contributed by atoms with van der Waals surface area (Å²) in [5, 5.41) is 2.68. The highest BCUT2D eigenvalue weighted by Gasteiger charge is 2.43. The molecule has 2 amide bonds. The molecule has 2 aromatic rings. The number of carbonyl (C=O) groups is 2. The third-order valence-electron chi connectivity index (χ3n) is 5.00. The molecule has 2 aromatic carbocycles. The number of halogens is 2. The molecular weight excluding hydrogens is 404 g/mol. The van der Waals surface area contributed by atoms with Crippen molar-refractivity contribution in [2.75, 3.05) is 18.1 Å². The molecule has 7 nitrogen and oxygen atoms in total. The zero-order chi connectivity index (χ0) is 20.9. The van der Waals surface area contributed by atoms with Crippen LogP contribution >= 0.6 is 0 Å². The lowest BCUT2D eigenvalue weighted by Gasteiger charge is -2.20. The van der Waals surface area contributed by atoms with Gasteiger partial charge in [-0.15, -0.1) is 0 Å². The fourth-order valence-electron chi connectivity index (χ4n) is 3.79. The highest BCUT2D eigenvalue weighted by Crippen LogP contribution is 2.33. The van der Waals surface area contributed by atoms with Crippen molar-refractivity contribution in [1.29, 1.82) is 0 Å². The largest absolute Gasteiger partial charge is 0.325 e. The Labute approximate surface area is 165 Å². The molecule has 29 heavy (non-hydrogen) atoms. The zero-order valence-corrected chi connectivity index (χ0v) is 16.1. The number of rotatable bonds is 3. The molecule has 2 N–H and O–H groups in total. The van der Waals surface area contributed by atoms with Gasteiger partial charge in [0.15, 0.2) is 0 Å². The minimum atomic E-state index is -3.50. The number of nitrogens with one attached hydrogen (secondary N) is 2. The number of carbonyl (C=O) groups excluding carboxylic acids is 2. The van der Waals surface area contributed by atoms with Crippen LogP contribution in [0.3, 0.4) is 0 Å². The van der Waals surface area contributed by atoms with Crippen LogP contribution in [0.15, 0.2) is 36.4 Å². The number of anilines is 1. The number of hydrogen-bond donors (Lipinski definition) is 2. The van der Waals surface area contributed by atoms with Crippen molar-refractivity contribution in [3.8, 4) is 11.1 Å². The van der Waals surface area contributed by atoms with Crippen LogP contribution < -0.4 is 10.0 Å². The molecular formula is C19H17F2N3O4S. The Hall–Kier alpha value is -2.85. The first kappa shape index (κ1) is 19.5. The molecule has 2 atom stereocenters. The van der Waals surface area contributed by atoms with Gasteiger partial charge < -0.3 is 10.2 Å². The van der Waals surface area contributed by atoms with Crippen LogP contribution in [0.1, 0.15) is 16.8 Å². The summed E-state index contributed by atoms with van der Waals surface area (Å²) in [5.41, 5.74) is 0.912. The molecule has 0 aromatic heterocycles. The van der Waals surface area contributed by atoms with Crippen LogP contribution in [0.2, 0.25) is 0 Å². The van der Waals surface area contributed by atoms with E-state index in [-0.39, 0.29) is 29.8 Å². The van der Waals surface area contributed by atoms with E-state index in [2.05, 4.69) is 10.0 Å². The molecule has 0 saturated carbocycles. The average molecular weight is 421 g/mol. The summed E-state index contributed by atoms with van der Waals surface area (Å²) in [6, 6.07) is 6.22. The summed E-state index contributed by atoms with van der Waals surface area (Å²) < 4.78 is 52.8. The quantitative estimate of drug-likeness (QED) is 0.789. The van der Waals surface area contributed by atoms with Crippen molar-refractivity contribution in [2.45, 2.75) is 18.5 Å². The summed E-state index contributed by atoms with van der Waals surface area (Å²) in [5.74, 6) is -2.37. The molecule has 2 aliphatic heterocycles. The van der Waals surface area contributed by atoms with Gasteiger partial charge in [0.1, 0.15) is 17.7 Å². The first-order valence-electron chi connectivity index (χ1n) is 8.81. The lowest BCUT2D eigenvalue weighted by atomic mass is 10.0. The van der Waals surface area contributed by atoms with Crippen LogP contribution in [0, 0.1) is 11.6 Å². The molecule has 0 aliphatic carbocycles. The lowest BCUT2D eigenvalue weighted by molar-refractivity contribution is -0.119. The van der Waals surface area contributed by atoms with Gasteiger partial charge in [0.05, 0.1) is 17.5 Å². The molecule has 152 valence electrons. The third kappa shape index (κ3) is 3.73. The molecule has 0 unspecified atom stereocenters. The first-order chi connectivity index (χ1) is 13.6. The minimum absolute atomic E-state index is 0.0402. The summed E-state index contributed by atoms with van der Waals surface area (Å²) in [6.07, 6.45) is 1.16. The Kier molecular flexibility index (Phi) is 4.62. The van der Waals surface area contributed by atoms with Crippen molar-refractivity contribution >= 4 is 27.5 Å². The van der Waals surface area contributed by atoms with Crippen LogP contribution in [-0.2, 0) is 14.8 Å². The Morgan fingerprint density at radius 3 is 2.55 bits per heavy atom. The average Bonchev–Trinajstić information content (AvgIpc) is 3.00. The minimum Gasteiger partial charge on any atom is -0.325 e. The van der Waals surface area contributed by atoms with Gasteiger partial charge in [-0.2, -0.15) is 0 Å². The summed E-state index contributed by atoms with van der Waals surface area (Å²) in [4.78, 5) is 27.0. The Balaban J connectivity index is 1.71. The van der Waals surface area contributed by atoms with Gasteiger partial charge in [0, 0.05) is 24.2 Å². The van der Waals surface area contributed by atoms with E-state index in [1.165, 1.54) is 29.2 Å². The fourth-order valence-corrected chi connectivity index (χ4v) is 4.57. The molecule has 2 aliphatic rings. The molecule has 1 saturated heterocycles. The topological polar surface area (TPSA) is 95.6 Å². The Morgan fingerprint density at radius 1 is 1.10 bits per heavy atom. The number of hydrogen-bond acceptors (Lipinski definition) is 4. The predicted octanol–water partition coefficient (Wildman–Crippen LogP) is 1.72. The highest BCUT2D eigenvalue weighted by atomic mass is 32.2. The third-order valence-corrected chi connectivity index (χ3v) is 5.76. The molecule has 4 rings (SSSR count). The van der Waals surface area contributed by atoms with Gasteiger partial charge in [0.25, 0.3) is 5.91 Å². The Morgan fingerprint density at radius 2 is 1.86 bits per heavy atom. The Bertz CT molecular complexity index is 1140. The SMILES string of the molecule is CS(=O)(=O)N[C@@H]1C[C@@H]2C(=O)Nc3ccc(-c4ccc(F)cc4F)cc3C(=O)N2C1. The maximum Gasteiger partial charge on any atom is 0.256 e. The van der Waals surface area contributed by atoms with Gasteiger partial charge in [-0.3, -0.25) is 9.59 Å². The molecule has 0 radical (unpaired) electrons. The van der Waals surface area contributed by atoms with E-state index in [4.69, 9.17) is 0 Å². The van der Waals surface area contributed by atoms with Crippen molar-refractivity contribution in [3.63, 3.8) is 0 Å². The van der Waals surface area contributed by atoms with Gasteiger partial charge in [0.2, 0.25) is 15.9 Å². The maximum absolute atomic E-state index is 14.2. The second-order valence-corrected chi connectivity index (χ2v) is 8.95. The van der Waals surface area contributed by atoms with E-state index in [1.807, 2.05) is 0 Å². The lowest BCUT2D eigenvalue weighted by Crippen LogP contribution is -2.41. The van der Waals surface area contributed by atoms with Crippen LogP contribution in [0.5, 0.6) is 0 Å². The van der Waals surface area contributed by atoms with Crippen LogP contribution in [0.4, 0.5) is 14.5 Å². The summed E-state index contributed by atoms with van der Waals surface area (Å²) in [6.45, 7) is 0.0402. The second kappa shape index (κ2) is 6.89. The van der Waals surface area contributed by atoms with E-state index in [9.17, 15) is 26.8 Å². The van der Waals surface area contributed by atoms with Crippen molar-refractivity contribution in [3.05, 3.63) is 53.6 Å². The van der Waals surface area contributed by atoms with Crippen molar-refractivity contribution < 1.29 is 26.8 Å². The monoisotopic (exact) mass is 421 g/mol. The molecule has 0 spiro atoms. The number of benzene rings is 2. The van der Waals surface area contributed by atoms with Gasteiger partial charge in [-0.05, 0) is 36.2 Å². The molecule has 0 bridgehead atoms. The normalized spacial score (nSPS) is 21.4. The second-order valence-electron chi connectivity index (χ2n) is 7.17. The number of fused-ring (bicyclic) bond motifs is 2. The fraction of sp³-hybridized carbons (Fsp3) is 0.263. The number of amides is 2. The molecule has 10 heteroatoms. The standard InChI is InChI=1S/C19H17F2N3O4S/c1-29(27,28)23-12-8-17-18(25)22-16-5-2-10(6-14(16)19(26)24(17)9-12)13-4-3-11(20)7-15(13)21/h2-7,12,17,23H,8-9H2,1H3,(H,22,25)/t12-,17-/m1/s1. The van der Waals surface area contributed by atoms with Crippen LogP contribution in [-0.4, -0.2) is 50.0 Å². The van der Waals surface area contributed by atoms with Gasteiger partial charge in [-0.1, -0.05) is 6.07 Å². The van der Waals surface area contributed by atoms with Gasteiger partial charge >= 0.3 is 0 Å². The first-order valence-corrected chi connectivity index (χ1v) is 10.7. The molecule has 1 fully saturated rings. The number of sulfonamides is 1. The van der Waals surface area contributed by atoms with E-state index < -0.39 is 45.6 Å². The predicted molar refractivity (Wildman–Crippen MR) is 102 cm³/mol. The van der Waals surface area contributed by atoms with E-state index in [0.717, 1.165) is 18.4 Å². The highest BCUT2D eigenvalue weighted by molar-refractivity contribution is 7.88. The van der Waals surface area contributed by atoms with Crippen molar-refractivity contribution in [1.82, 2.24) is 9.62 Å². The van der Waals surface area contributed by atoms with Crippen molar-refractivity contribution in [2.24, 2.45) is 0 Å². The molecule has 2 heterocycles.